The van der Waals surface area contributed by atoms with Gasteiger partial charge in [0.05, 0.1) is 28.0 Å². The Morgan fingerprint density at radius 1 is 1.12 bits per heavy atom. The predicted octanol–water partition coefficient (Wildman–Crippen LogP) is 5.09. The number of fused-ring (bicyclic) bond motifs is 1. The zero-order valence-corrected chi connectivity index (χ0v) is 24.7. The average molecular weight is 599 g/mol. The number of amides is 2. The highest BCUT2D eigenvalue weighted by atomic mass is 35.5. The lowest BCUT2D eigenvalue weighted by Crippen LogP contribution is -2.45. The molecule has 2 amide bonds. The molecule has 0 radical (unpaired) electrons. The standard InChI is InChI=1S/C29H33Cl2N7O3/c1-4-32-25-12-21(23(30)13-33-25)16(2)35-27(39)17(3)38-15-19-6-5-18(11-22(19)28(38)40)26-24(31)14-34-29(37-26)36-20-7-9-41-10-8-20/h5-6,11-14,16-17,20H,4,7-10,15H2,1-3H3,(H,32,33)(H,35,39)(H,34,36,37). The fourth-order valence-corrected chi connectivity index (χ4v) is 5.53. The number of halogens is 2. The molecule has 1 saturated heterocycles. The first kappa shape index (κ1) is 29.0. The monoisotopic (exact) mass is 597 g/mol. The molecular formula is C29H33Cl2N7O3. The number of benzene rings is 1. The zero-order valence-electron chi connectivity index (χ0n) is 23.2. The molecule has 1 fully saturated rings. The smallest absolute Gasteiger partial charge is 0.255 e. The van der Waals surface area contributed by atoms with E-state index in [1.54, 1.807) is 30.3 Å². The molecule has 0 spiro atoms. The maximum absolute atomic E-state index is 13.5. The van der Waals surface area contributed by atoms with Crippen LogP contribution < -0.4 is 16.0 Å². The van der Waals surface area contributed by atoms with Gasteiger partial charge in [0.15, 0.2) is 0 Å². The molecule has 5 rings (SSSR count). The highest BCUT2D eigenvalue weighted by Gasteiger charge is 2.35. The van der Waals surface area contributed by atoms with E-state index in [9.17, 15) is 9.59 Å². The number of ether oxygens (including phenoxy) is 1. The lowest BCUT2D eigenvalue weighted by molar-refractivity contribution is -0.125. The Labute approximate surface area is 249 Å². The Balaban J connectivity index is 1.29. The number of pyridine rings is 1. The molecule has 2 atom stereocenters. The second-order valence-corrected chi connectivity index (χ2v) is 11.1. The van der Waals surface area contributed by atoms with Crippen LogP contribution in [0.2, 0.25) is 10.0 Å². The molecule has 1 aromatic carbocycles. The van der Waals surface area contributed by atoms with E-state index in [0.717, 1.165) is 24.0 Å². The molecule has 2 aromatic heterocycles. The number of rotatable bonds is 9. The first-order chi connectivity index (χ1) is 19.7. The maximum Gasteiger partial charge on any atom is 0.255 e. The molecule has 0 saturated carbocycles. The van der Waals surface area contributed by atoms with Gasteiger partial charge in [0.1, 0.15) is 11.9 Å². The summed E-state index contributed by atoms with van der Waals surface area (Å²) < 4.78 is 5.43. The number of nitrogens with zero attached hydrogens (tertiary/aromatic N) is 4. The molecule has 4 heterocycles. The van der Waals surface area contributed by atoms with E-state index >= 15 is 0 Å². The van der Waals surface area contributed by atoms with Gasteiger partial charge in [-0.1, -0.05) is 35.3 Å². The molecular weight excluding hydrogens is 565 g/mol. The molecule has 0 aliphatic carbocycles. The van der Waals surface area contributed by atoms with Crippen molar-refractivity contribution in [1.29, 1.82) is 0 Å². The van der Waals surface area contributed by atoms with Crippen molar-refractivity contribution in [2.45, 2.75) is 58.3 Å². The third-order valence-corrected chi connectivity index (χ3v) is 8.02. The Morgan fingerprint density at radius 2 is 1.88 bits per heavy atom. The van der Waals surface area contributed by atoms with Crippen molar-refractivity contribution in [2.24, 2.45) is 0 Å². The van der Waals surface area contributed by atoms with Crippen molar-refractivity contribution in [2.75, 3.05) is 30.4 Å². The summed E-state index contributed by atoms with van der Waals surface area (Å²) in [5.74, 6) is 0.659. The van der Waals surface area contributed by atoms with Crippen molar-refractivity contribution in [3.05, 3.63) is 63.4 Å². The fraction of sp³-hybridized carbons (Fsp3) is 0.414. The van der Waals surface area contributed by atoms with Crippen molar-refractivity contribution in [3.63, 3.8) is 0 Å². The molecule has 3 aromatic rings. The number of hydrogen-bond acceptors (Lipinski definition) is 8. The molecule has 0 bridgehead atoms. The summed E-state index contributed by atoms with van der Waals surface area (Å²) in [7, 11) is 0. The van der Waals surface area contributed by atoms with Crippen LogP contribution in [0.3, 0.4) is 0 Å². The minimum atomic E-state index is -0.701. The minimum Gasteiger partial charge on any atom is -0.381 e. The van der Waals surface area contributed by atoms with Crippen LogP contribution in [-0.4, -0.2) is 63.5 Å². The molecule has 2 unspecified atom stereocenters. The van der Waals surface area contributed by atoms with Crippen LogP contribution in [0.5, 0.6) is 0 Å². The number of anilines is 2. The molecule has 2 aliphatic rings. The predicted molar refractivity (Wildman–Crippen MR) is 159 cm³/mol. The van der Waals surface area contributed by atoms with Gasteiger partial charge in [-0.15, -0.1) is 0 Å². The van der Waals surface area contributed by atoms with Crippen LogP contribution in [0.15, 0.2) is 36.7 Å². The van der Waals surface area contributed by atoms with Gasteiger partial charge >= 0.3 is 0 Å². The Morgan fingerprint density at radius 3 is 2.63 bits per heavy atom. The van der Waals surface area contributed by atoms with E-state index in [-0.39, 0.29) is 23.9 Å². The molecule has 3 N–H and O–H groups in total. The normalized spacial score (nSPS) is 16.7. The lowest BCUT2D eigenvalue weighted by Gasteiger charge is -2.25. The average Bonchev–Trinajstić information content (AvgIpc) is 3.30. The van der Waals surface area contributed by atoms with E-state index < -0.39 is 6.04 Å². The van der Waals surface area contributed by atoms with Crippen LogP contribution in [0.4, 0.5) is 11.8 Å². The van der Waals surface area contributed by atoms with E-state index in [1.165, 1.54) is 0 Å². The van der Waals surface area contributed by atoms with Crippen LogP contribution >= 0.6 is 23.2 Å². The third-order valence-electron chi connectivity index (χ3n) is 7.43. The summed E-state index contributed by atoms with van der Waals surface area (Å²) in [6.07, 6.45) is 4.88. The summed E-state index contributed by atoms with van der Waals surface area (Å²) >= 11 is 12.8. The minimum absolute atomic E-state index is 0.223. The Hall–Kier alpha value is -3.47. The van der Waals surface area contributed by atoms with E-state index in [4.69, 9.17) is 27.9 Å². The quantitative estimate of drug-likeness (QED) is 0.312. The Kier molecular flexibility index (Phi) is 8.91. The first-order valence-corrected chi connectivity index (χ1v) is 14.5. The highest BCUT2D eigenvalue weighted by Crippen LogP contribution is 2.33. The summed E-state index contributed by atoms with van der Waals surface area (Å²) in [6, 6.07) is 6.54. The van der Waals surface area contributed by atoms with Gasteiger partial charge in [-0.3, -0.25) is 9.59 Å². The van der Waals surface area contributed by atoms with Gasteiger partial charge in [-0.05, 0) is 56.9 Å². The molecule has 12 heteroatoms. The van der Waals surface area contributed by atoms with Crippen molar-refractivity contribution in [1.82, 2.24) is 25.2 Å². The van der Waals surface area contributed by atoms with E-state index in [2.05, 4.69) is 30.9 Å². The molecule has 41 heavy (non-hydrogen) atoms. The number of hydrogen-bond donors (Lipinski definition) is 3. The van der Waals surface area contributed by atoms with E-state index in [1.807, 2.05) is 32.0 Å². The number of carbonyl (C=O) groups is 2. The summed E-state index contributed by atoms with van der Waals surface area (Å²) in [5, 5.41) is 10.3. The maximum atomic E-state index is 13.5. The third kappa shape index (κ3) is 6.39. The van der Waals surface area contributed by atoms with Crippen molar-refractivity contribution < 1.29 is 14.3 Å². The molecule has 10 nitrogen and oxygen atoms in total. The topological polar surface area (TPSA) is 121 Å². The SMILES string of the molecule is CCNc1cc(C(C)NC(=O)C(C)N2Cc3ccc(-c4nc(NC5CCOCC5)ncc4Cl)cc3C2=O)c(Cl)cn1. The highest BCUT2D eigenvalue weighted by molar-refractivity contribution is 6.33. The molecule has 2 aliphatic heterocycles. The lowest BCUT2D eigenvalue weighted by atomic mass is 10.0. The largest absolute Gasteiger partial charge is 0.381 e. The van der Waals surface area contributed by atoms with E-state index in [0.29, 0.717) is 64.9 Å². The second kappa shape index (κ2) is 12.6. The van der Waals surface area contributed by atoms with Crippen molar-refractivity contribution in [3.8, 4) is 11.3 Å². The van der Waals surface area contributed by atoms with Gasteiger partial charge in [0, 0.05) is 49.7 Å². The fourth-order valence-electron chi connectivity index (χ4n) is 5.06. The van der Waals surface area contributed by atoms with Gasteiger partial charge in [0.25, 0.3) is 5.91 Å². The van der Waals surface area contributed by atoms with Crippen LogP contribution in [0.1, 0.15) is 61.1 Å². The van der Waals surface area contributed by atoms with Crippen LogP contribution in [0, 0.1) is 0 Å². The van der Waals surface area contributed by atoms with Gasteiger partial charge in [-0.2, -0.15) is 0 Å². The van der Waals surface area contributed by atoms with Crippen LogP contribution in [0.25, 0.3) is 11.3 Å². The number of aromatic nitrogens is 3. The zero-order chi connectivity index (χ0) is 29.1. The van der Waals surface area contributed by atoms with Crippen LogP contribution in [-0.2, 0) is 16.1 Å². The summed E-state index contributed by atoms with van der Waals surface area (Å²) in [4.78, 5) is 41.5. The summed E-state index contributed by atoms with van der Waals surface area (Å²) in [6.45, 7) is 7.99. The summed E-state index contributed by atoms with van der Waals surface area (Å²) in [5.41, 5.74) is 3.35. The first-order valence-electron chi connectivity index (χ1n) is 13.8. The Bertz CT molecular complexity index is 1450. The van der Waals surface area contributed by atoms with Crippen molar-refractivity contribution >= 4 is 46.8 Å². The number of nitrogens with one attached hydrogen (secondary N) is 3. The van der Waals surface area contributed by atoms with Gasteiger partial charge in [0.2, 0.25) is 11.9 Å². The van der Waals surface area contributed by atoms with Gasteiger partial charge in [-0.25, -0.2) is 15.0 Å². The molecule has 216 valence electrons. The number of carbonyl (C=O) groups excluding carboxylic acids is 2. The van der Waals surface area contributed by atoms with Gasteiger partial charge < -0.3 is 25.6 Å². The second-order valence-electron chi connectivity index (χ2n) is 10.3.